The van der Waals surface area contributed by atoms with E-state index in [0.717, 1.165) is 13.2 Å². The highest BCUT2D eigenvalue weighted by atomic mass is 32.2. The zero-order valence-corrected chi connectivity index (χ0v) is 19.3. The van der Waals surface area contributed by atoms with E-state index in [1.54, 1.807) is 0 Å². The first-order chi connectivity index (χ1) is 15.9. The van der Waals surface area contributed by atoms with Crippen molar-refractivity contribution in [1.82, 2.24) is 9.36 Å². The molecule has 184 valence electrons. The zero-order chi connectivity index (χ0) is 25.3. The van der Waals surface area contributed by atoms with Gasteiger partial charge in [0.05, 0.1) is 12.7 Å². The Morgan fingerprint density at radius 3 is 2.26 bits per heavy atom. The number of aromatic nitrogens is 2. The summed E-state index contributed by atoms with van der Waals surface area (Å²) in [6, 6.07) is 3.03. The molecule has 8 nitrogen and oxygen atoms in total. The van der Waals surface area contributed by atoms with Gasteiger partial charge in [-0.3, -0.25) is 0 Å². The number of hydrogen-bond acceptors (Lipinski definition) is 8. The van der Waals surface area contributed by atoms with Crippen LogP contribution in [-0.4, -0.2) is 38.7 Å². The fraction of sp³-hybridized carbons (Fsp3) is 0.263. The van der Waals surface area contributed by atoms with Gasteiger partial charge in [-0.15, -0.1) is 0 Å². The molecule has 0 radical (unpaired) electrons. The summed E-state index contributed by atoms with van der Waals surface area (Å²) in [5.74, 6) is -4.11. The van der Waals surface area contributed by atoms with Crippen LogP contribution in [0.3, 0.4) is 0 Å². The molecule has 0 bridgehead atoms. The highest BCUT2D eigenvalue weighted by Gasteiger charge is 2.33. The van der Waals surface area contributed by atoms with Crippen molar-refractivity contribution in [3.63, 3.8) is 0 Å². The minimum Gasteiger partial charge on any atom is -0.497 e. The van der Waals surface area contributed by atoms with Crippen molar-refractivity contribution in [3.8, 4) is 17.2 Å². The number of alkyl halides is 3. The number of ether oxygens (including phenoxy) is 3. The third-order valence-electron chi connectivity index (χ3n) is 4.20. The molecule has 0 amide bonds. The van der Waals surface area contributed by atoms with E-state index < -0.39 is 56.5 Å². The molecule has 0 saturated carbocycles. The van der Waals surface area contributed by atoms with E-state index in [1.165, 1.54) is 14.0 Å². The van der Waals surface area contributed by atoms with Gasteiger partial charge < -0.3 is 14.2 Å². The molecular weight excluding hydrogens is 509 g/mol. The molecular formula is C19H16F5N3O5S2. The Kier molecular flexibility index (Phi) is 7.28. The second-order valence-corrected chi connectivity index (χ2v) is 9.17. The lowest BCUT2D eigenvalue weighted by molar-refractivity contribution is -0.137. The second-order valence-electron chi connectivity index (χ2n) is 6.61. The molecule has 15 heteroatoms. The molecule has 0 atom stereocenters. The third kappa shape index (κ3) is 5.37. The van der Waals surface area contributed by atoms with E-state index in [2.05, 4.69) is 9.36 Å². The van der Waals surface area contributed by atoms with Gasteiger partial charge in [0.15, 0.2) is 11.6 Å². The Bertz CT molecular complexity index is 1300. The van der Waals surface area contributed by atoms with Gasteiger partial charge in [-0.1, -0.05) is 0 Å². The average molecular weight is 525 g/mol. The van der Waals surface area contributed by atoms with Crippen molar-refractivity contribution >= 4 is 26.7 Å². The molecule has 0 unspecified atom stereocenters. The van der Waals surface area contributed by atoms with Gasteiger partial charge in [-0.2, -0.15) is 17.5 Å². The van der Waals surface area contributed by atoms with Crippen molar-refractivity contribution in [1.29, 1.82) is 0 Å². The highest BCUT2D eigenvalue weighted by molar-refractivity contribution is 7.93. The lowest BCUT2D eigenvalue weighted by Gasteiger charge is -2.21. The monoisotopic (exact) mass is 525 g/mol. The predicted octanol–water partition coefficient (Wildman–Crippen LogP) is 4.74. The maximum absolute atomic E-state index is 14.8. The molecule has 1 aromatic heterocycles. The van der Waals surface area contributed by atoms with E-state index in [9.17, 15) is 30.4 Å². The maximum Gasteiger partial charge on any atom is 0.416 e. The van der Waals surface area contributed by atoms with Crippen LogP contribution in [0, 0.1) is 18.6 Å². The van der Waals surface area contributed by atoms with Crippen LogP contribution in [-0.2, 0) is 20.9 Å². The number of aryl methyl sites for hydroxylation is 1. The third-order valence-corrected chi connectivity index (χ3v) is 6.88. The number of sulfonamides is 1. The average Bonchev–Trinajstić information content (AvgIpc) is 3.18. The largest absolute Gasteiger partial charge is 0.497 e. The van der Waals surface area contributed by atoms with Crippen molar-refractivity contribution in [2.75, 3.05) is 25.3 Å². The minimum atomic E-state index is -4.76. The summed E-state index contributed by atoms with van der Waals surface area (Å²) in [6.45, 7) is 0.938. The van der Waals surface area contributed by atoms with Crippen LogP contribution in [0.2, 0.25) is 0 Å². The molecule has 0 N–H and O–H groups in total. The molecule has 0 spiro atoms. The second kappa shape index (κ2) is 9.68. The summed E-state index contributed by atoms with van der Waals surface area (Å²) in [5, 5.41) is -0.143. The molecule has 2 aromatic carbocycles. The predicted molar refractivity (Wildman–Crippen MR) is 111 cm³/mol. The zero-order valence-electron chi connectivity index (χ0n) is 17.7. The summed E-state index contributed by atoms with van der Waals surface area (Å²) in [5.41, 5.74) is -1.15. The van der Waals surface area contributed by atoms with Crippen LogP contribution >= 0.6 is 11.5 Å². The number of rotatable bonds is 8. The van der Waals surface area contributed by atoms with Gasteiger partial charge in [-0.05, 0) is 19.1 Å². The number of benzene rings is 2. The van der Waals surface area contributed by atoms with Gasteiger partial charge in [0.1, 0.15) is 34.8 Å². The molecule has 0 aliphatic rings. The van der Waals surface area contributed by atoms with Crippen LogP contribution < -0.4 is 13.8 Å². The molecule has 0 fully saturated rings. The van der Waals surface area contributed by atoms with Crippen LogP contribution in [0.5, 0.6) is 17.2 Å². The molecule has 0 aliphatic carbocycles. The van der Waals surface area contributed by atoms with Gasteiger partial charge in [0.25, 0.3) is 10.0 Å². The molecule has 34 heavy (non-hydrogen) atoms. The Balaban J connectivity index is 2.01. The van der Waals surface area contributed by atoms with E-state index in [1.807, 2.05) is 0 Å². The number of hydrogen-bond donors (Lipinski definition) is 0. The smallest absolute Gasteiger partial charge is 0.416 e. The SMILES string of the molecule is COCN(c1nc(C)ns1)S(=O)(=O)c1cc(F)c(Oc2cc(OC)cc(C(F)(F)F)c2)cc1F. The molecule has 0 saturated heterocycles. The maximum atomic E-state index is 14.8. The summed E-state index contributed by atoms with van der Waals surface area (Å²) in [6.07, 6.45) is -4.76. The fourth-order valence-electron chi connectivity index (χ4n) is 2.68. The molecule has 3 aromatic rings. The van der Waals surface area contributed by atoms with Crippen molar-refractivity contribution < 1.29 is 44.6 Å². The summed E-state index contributed by atoms with van der Waals surface area (Å²) < 4.78 is 114. The van der Waals surface area contributed by atoms with Crippen LogP contribution in [0.15, 0.2) is 35.2 Å². The minimum absolute atomic E-state index is 0.143. The standard InChI is InChI=1S/C19H16F5N3O5S2/c1-10-25-18(33-26-10)27(9-30-2)34(28,29)17-8-14(20)16(7-15(17)21)32-13-5-11(19(22,23)24)4-12(6-13)31-3/h4-8H,9H2,1-3H3. The van der Waals surface area contributed by atoms with Gasteiger partial charge in [-0.25, -0.2) is 26.5 Å². The van der Waals surface area contributed by atoms with Gasteiger partial charge >= 0.3 is 6.18 Å². The first-order valence-corrected chi connectivity index (χ1v) is 11.3. The molecule has 1 heterocycles. The van der Waals surface area contributed by atoms with E-state index >= 15 is 0 Å². The Morgan fingerprint density at radius 2 is 1.71 bits per heavy atom. The normalized spacial score (nSPS) is 12.0. The number of anilines is 1. The lowest BCUT2D eigenvalue weighted by atomic mass is 10.2. The van der Waals surface area contributed by atoms with Gasteiger partial charge in [0.2, 0.25) is 5.13 Å². The number of methoxy groups -OCH3 is 2. The highest BCUT2D eigenvalue weighted by Crippen LogP contribution is 2.37. The topological polar surface area (TPSA) is 90.9 Å². The molecule has 3 rings (SSSR count). The van der Waals surface area contributed by atoms with Crippen molar-refractivity contribution in [2.45, 2.75) is 18.0 Å². The fourth-order valence-corrected chi connectivity index (χ4v) is 4.93. The Labute approximate surface area is 194 Å². The first-order valence-electron chi connectivity index (χ1n) is 9.12. The number of halogens is 5. The van der Waals surface area contributed by atoms with E-state index in [4.69, 9.17) is 14.2 Å². The van der Waals surface area contributed by atoms with Crippen LogP contribution in [0.4, 0.5) is 27.1 Å². The van der Waals surface area contributed by atoms with Gasteiger partial charge in [0, 0.05) is 36.8 Å². The summed E-state index contributed by atoms with van der Waals surface area (Å²) in [7, 11) is -2.40. The van der Waals surface area contributed by atoms with Crippen molar-refractivity contribution in [3.05, 3.63) is 53.4 Å². The van der Waals surface area contributed by atoms with Crippen LogP contribution in [0.1, 0.15) is 11.4 Å². The molecule has 0 aliphatic heterocycles. The quantitative estimate of drug-likeness (QED) is 0.310. The van der Waals surface area contributed by atoms with E-state index in [-0.39, 0.29) is 16.7 Å². The lowest BCUT2D eigenvalue weighted by Crippen LogP contribution is -2.33. The van der Waals surface area contributed by atoms with E-state index in [0.29, 0.717) is 40.1 Å². The Morgan fingerprint density at radius 1 is 1.03 bits per heavy atom. The number of nitrogens with zero attached hydrogens (tertiary/aromatic N) is 3. The van der Waals surface area contributed by atoms with Crippen LogP contribution in [0.25, 0.3) is 0 Å². The van der Waals surface area contributed by atoms with Crippen molar-refractivity contribution in [2.24, 2.45) is 0 Å². The summed E-state index contributed by atoms with van der Waals surface area (Å²) >= 11 is 0.702. The summed E-state index contributed by atoms with van der Waals surface area (Å²) in [4.78, 5) is 2.85. The first kappa shape index (κ1) is 25.6. The Hall–Kier alpha value is -3.04.